The SMILES string of the molecule is CC1(C)OC[C@H](Cn2c(C(C)(C)CO)cc3cc(CC(=O)C4(c5ccc6c(c5)OC(F)(F)O6)CC4)c(F)cc32)O1. The average molecular weight is 560 g/mol. The van der Waals surface area contributed by atoms with E-state index in [1.165, 1.54) is 18.2 Å². The first-order valence-corrected chi connectivity index (χ1v) is 13.4. The van der Waals surface area contributed by atoms with Crippen molar-refractivity contribution in [2.45, 2.75) is 82.5 Å². The number of carbonyl (C=O) groups excluding carboxylic acids is 1. The average Bonchev–Trinajstić information content (AvgIpc) is 3.39. The van der Waals surface area contributed by atoms with E-state index in [2.05, 4.69) is 9.47 Å². The first-order chi connectivity index (χ1) is 18.7. The van der Waals surface area contributed by atoms with Gasteiger partial charge in [0, 0.05) is 22.9 Å². The van der Waals surface area contributed by atoms with Gasteiger partial charge in [-0.05, 0) is 68.1 Å². The Balaban J connectivity index is 1.30. The van der Waals surface area contributed by atoms with E-state index < -0.39 is 28.7 Å². The molecule has 6 rings (SSSR count). The van der Waals surface area contributed by atoms with Crippen LogP contribution in [0.5, 0.6) is 11.5 Å². The molecule has 3 heterocycles. The maximum atomic E-state index is 15.6. The van der Waals surface area contributed by atoms with Crippen LogP contribution in [0.3, 0.4) is 0 Å². The molecule has 3 aliphatic rings. The molecule has 1 atom stereocenters. The number of alkyl halides is 2. The minimum atomic E-state index is -3.74. The molecule has 2 aromatic carbocycles. The summed E-state index contributed by atoms with van der Waals surface area (Å²) in [4.78, 5) is 13.5. The Hall–Kier alpha value is -3.08. The second-order valence-electron chi connectivity index (χ2n) is 12.1. The van der Waals surface area contributed by atoms with Crippen LogP contribution in [0.4, 0.5) is 13.2 Å². The Morgan fingerprint density at radius 2 is 1.82 bits per heavy atom. The first-order valence-electron chi connectivity index (χ1n) is 13.4. The van der Waals surface area contributed by atoms with Gasteiger partial charge in [0.1, 0.15) is 17.7 Å². The maximum absolute atomic E-state index is 15.6. The van der Waals surface area contributed by atoms with Gasteiger partial charge in [-0.1, -0.05) is 19.9 Å². The normalized spacial score (nSPS) is 22.1. The van der Waals surface area contributed by atoms with Crippen LogP contribution in [0.2, 0.25) is 0 Å². The minimum Gasteiger partial charge on any atom is -0.395 e. The highest BCUT2D eigenvalue weighted by atomic mass is 19.3. The van der Waals surface area contributed by atoms with Crippen molar-refractivity contribution in [3.8, 4) is 11.5 Å². The number of carbonyl (C=O) groups is 1. The first kappa shape index (κ1) is 27.1. The van der Waals surface area contributed by atoms with E-state index in [4.69, 9.17) is 9.47 Å². The van der Waals surface area contributed by atoms with Gasteiger partial charge in [-0.15, -0.1) is 8.78 Å². The summed E-state index contributed by atoms with van der Waals surface area (Å²) in [5.74, 6) is -1.62. The number of Topliss-reactive ketones (excluding diaryl/α,β-unsaturated/α-hetero) is 1. The molecule has 0 bridgehead atoms. The summed E-state index contributed by atoms with van der Waals surface area (Å²) in [6, 6.07) is 9.41. The standard InChI is InChI=1S/C30H32F3NO6/c1-27(2,16-35)25-10-18-9-17(21(31)13-22(18)34(25)14-20-15-37-28(3,4)38-20)11-26(36)29(7-8-29)19-5-6-23-24(12-19)40-30(32,33)39-23/h5-6,9-10,12-13,20,35H,7-8,11,14-16H2,1-4H3/t20-/m0/s1. The van der Waals surface area contributed by atoms with Crippen molar-refractivity contribution in [3.05, 3.63) is 59.0 Å². The molecule has 40 heavy (non-hydrogen) atoms. The van der Waals surface area contributed by atoms with E-state index in [-0.39, 0.29) is 42.0 Å². The molecule has 10 heteroatoms. The molecule has 0 amide bonds. The zero-order valence-corrected chi connectivity index (χ0v) is 22.9. The zero-order chi connectivity index (χ0) is 28.7. The van der Waals surface area contributed by atoms with Gasteiger partial charge in [0.15, 0.2) is 17.3 Å². The second-order valence-corrected chi connectivity index (χ2v) is 12.1. The summed E-state index contributed by atoms with van der Waals surface area (Å²) in [5.41, 5.74) is 0.768. The number of hydrogen-bond acceptors (Lipinski definition) is 6. The molecule has 7 nitrogen and oxygen atoms in total. The topological polar surface area (TPSA) is 79.2 Å². The van der Waals surface area contributed by atoms with Crippen molar-refractivity contribution >= 4 is 16.7 Å². The van der Waals surface area contributed by atoms with Crippen molar-refractivity contribution in [2.24, 2.45) is 0 Å². The molecule has 1 aromatic heterocycles. The van der Waals surface area contributed by atoms with Crippen molar-refractivity contribution in [1.82, 2.24) is 4.57 Å². The van der Waals surface area contributed by atoms with E-state index in [0.29, 0.717) is 37.1 Å². The lowest BCUT2D eigenvalue weighted by Crippen LogP contribution is -2.29. The van der Waals surface area contributed by atoms with Crippen LogP contribution in [0, 0.1) is 5.82 Å². The number of fused-ring (bicyclic) bond motifs is 2. The van der Waals surface area contributed by atoms with Crippen LogP contribution in [0.25, 0.3) is 10.9 Å². The van der Waals surface area contributed by atoms with Crippen molar-refractivity contribution in [1.29, 1.82) is 0 Å². The van der Waals surface area contributed by atoms with Crippen LogP contribution < -0.4 is 9.47 Å². The van der Waals surface area contributed by atoms with E-state index in [1.807, 2.05) is 38.3 Å². The predicted molar refractivity (Wildman–Crippen MR) is 139 cm³/mol. The number of rotatable bonds is 8. The van der Waals surface area contributed by atoms with Crippen LogP contribution >= 0.6 is 0 Å². The highest BCUT2D eigenvalue weighted by Crippen LogP contribution is 2.52. The van der Waals surface area contributed by atoms with E-state index in [0.717, 1.165) is 11.1 Å². The van der Waals surface area contributed by atoms with Crippen molar-refractivity contribution < 1.29 is 42.0 Å². The summed E-state index contributed by atoms with van der Waals surface area (Å²) in [7, 11) is 0. The number of aliphatic hydroxyl groups is 1. The monoisotopic (exact) mass is 559 g/mol. The van der Waals surface area contributed by atoms with Crippen LogP contribution in [0.1, 0.15) is 57.4 Å². The van der Waals surface area contributed by atoms with Gasteiger partial charge in [-0.2, -0.15) is 0 Å². The fourth-order valence-corrected chi connectivity index (χ4v) is 5.80. The fraction of sp³-hybridized carbons (Fsp3) is 0.500. The Bertz CT molecular complexity index is 1510. The molecule has 214 valence electrons. The lowest BCUT2D eigenvalue weighted by atomic mass is 9.87. The third-order valence-corrected chi connectivity index (χ3v) is 8.20. The quantitative estimate of drug-likeness (QED) is 0.400. The number of aliphatic hydroxyl groups excluding tert-OH is 1. The summed E-state index contributed by atoms with van der Waals surface area (Å²) in [5, 5.41) is 10.9. The Morgan fingerprint density at radius 3 is 2.48 bits per heavy atom. The number of ketones is 1. The molecule has 1 N–H and O–H groups in total. The largest absolute Gasteiger partial charge is 0.586 e. The van der Waals surface area contributed by atoms with Crippen LogP contribution in [0.15, 0.2) is 36.4 Å². The third-order valence-electron chi connectivity index (χ3n) is 8.20. The molecular weight excluding hydrogens is 527 g/mol. The summed E-state index contributed by atoms with van der Waals surface area (Å²) >= 11 is 0. The molecule has 2 aliphatic heterocycles. The Labute approximate surface area is 229 Å². The minimum absolute atomic E-state index is 0.0854. The molecule has 1 aliphatic carbocycles. The van der Waals surface area contributed by atoms with Gasteiger partial charge in [-0.25, -0.2) is 4.39 Å². The summed E-state index contributed by atoms with van der Waals surface area (Å²) < 4.78 is 65.3. The van der Waals surface area contributed by atoms with E-state index in [1.54, 1.807) is 12.1 Å². The third kappa shape index (κ3) is 4.65. The smallest absolute Gasteiger partial charge is 0.395 e. The number of halogens is 3. The van der Waals surface area contributed by atoms with Crippen LogP contribution in [-0.2, 0) is 38.1 Å². The molecule has 0 unspecified atom stereocenters. The van der Waals surface area contributed by atoms with Crippen LogP contribution in [-0.4, -0.2) is 46.9 Å². The van der Waals surface area contributed by atoms with Gasteiger partial charge >= 0.3 is 6.29 Å². The summed E-state index contributed by atoms with van der Waals surface area (Å²) in [6.45, 7) is 8.19. The fourth-order valence-electron chi connectivity index (χ4n) is 5.80. The molecule has 1 saturated carbocycles. The summed E-state index contributed by atoms with van der Waals surface area (Å²) in [6.07, 6.45) is -3.07. The molecule has 0 radical (unpaired) electrons. The number of hydrogen-bond donors (Lipinski definition) is 1. The van der Waals surface area contributed by atoms with Gasteiger partial charge in [0.25, 0.3) is 0 Å². The number of ether oxygens (including phenoxy) is 4. The van der Waals surface area contributed by atoms with Gasteiger partial charge in [0.2, 0.25) is 0 Å². The highest BCUT2D eigenvalue weighted by Gasteiger charge is 2.52. The zero-order valence-electron chi connectivity index (χ0n) is 22.9. The van der Waals surface area contributed by atoms with Crippen molar-refractivity contribution in [3.63, 3.8) is 0 Å². The molecule has 3 aromatic rings. The molecular formula is C30H32F3NO6. The highest BCUT2D eigenvalue weighted by molar-refractivity contribution is 5.95. The van der Waals surface area contributed by atoms with E-state index >= 15 is 4.39 Å². The van der Waals surface area contributed by atoms with Gasteiger partial charge < -0.3 is 28.6 Å². The molecule has 1 saturated heterocycles. The number of nitrogens with zero attached hydrogens (tertiary/aromatic N) is 1. The van der Waals surface area contributed by atoms with E-state index in [9.17, 15) is 18.7 Å². The number of aromatic nitrogens is 1. The van der Waals surface area contributed by atoms with Gasteiger partial charge in [-0.3, -0.25) is 4.79 Å². The van der Waals surface area contributed by atoms with Crippen molar-refractivity contribution in [2.75, 3.05) is 13.2 Å². The maximum Gasteiger partial charge on any atom is 0.586 e. The second kappa shape index (κ2) is 8.96. The lowest BCUT2D eigenvalue weighted by molar-refractivity contribution is -0.286. The Morgan fingerprint density at radius 1 is 1.10 bits per heavy atom. The number of benzene rings is 2. The Kier molecular flexibility index (Phi) is 6.07. The predicted octanol–water partition coefficient (Wildman–Crippen LogP) is 5.37. The lowest BCUT2D eigenvalue weighted by Gasteiger charge is -2.26. The molecule has 2 fully saturated rings. The van der Waals surface area contributed by atoms with Gasteiger partial charge in [0.05, 0.1) is 30.7 Å². The molecule has 0 spiro atoms.